The van der Waals surface area contributed by atoms with Gasteiger partial charge in [-0.3, -0.25) is 0 Å². The molecule has 1 aliphatic heterocycles. The van der Waals surface area contributed by atoms with E-state index in [9.17, 15) is 8.42 Å². The van der Waals surface area contributed by atoms with Crippen molar-refractivity contribution in [3.8, 4) is 0 Å². The van der Waals surface area contributed by atoms with Gasteiger partial charge in [-0.05, 0) is 37.3 Å². The maximum absolute atomic E-state index is 12.5. The number of hydrogen-bond acceptors (Lipinski definition) is 4. The Morgan fingerprint density at radius 3 is 2.80 bits per heavy atom. The number of nitrogens with one attached hydrogen (secondary N) is 1. The van der Waals surface area contributed by atoms with Gasteiger partial charge >= 0.3 is 0 Å². The predicted octanol–water partition coefficient (Wildman–Crippen LogP) is 1.95. The summed E-state index contributed by atoms with van der Waals surface area (Å²) in [6, 6.07) is 3.93. The van der Waals surface area contributed by atoms with Gasteiger partial charge in [-0.1, -0.05) is 13.3 Å². The van der Waals surface area contributed by atoms with E-state index in [1.165, 1.54) is 12.8 Å². The van der Waals surface area contributed by atoms with Gasteiger partial charge in [0.1, 0.15) is 5.76 Å². The normalized spacial score (nSPS) is 24.4. The van der Waals surface area contributed by atoms with Crippen LogP contribution in [0.2, 0.25) is 0 Å². The van der Waals surface area contributed by atoms with E-state index < -0.39 is 10.0 Å². The van der Waals surface area contributed by atoms with Gasteiger partial charge in [-0.25, -0.2) is 8.42 Å². The molecule has 20 heavy (non-hydrogen) atoms. The van der Waals surface area contributed by atoms with Crippen molar-refractivity contribution < 1.29 is 12.8 Å². The lowest BCUT2D eigenvalue weighted by atomic mass is 10.1. The van der Waals surface area contributed by atoms with Crippen LogP contribution in [0.1, 0.15) is 38.4 Å². The van der Waals surface area contributed by atoms with Crippen molar-refractivity contribution in [3.05, 3.63) is 17.9 Å². The Morgan fingerprint density at radius 2 is 2.15 bits per heavy atom. The minimum absolute atomic E-state index is 0.0850. The van der Waals surface area contributed by atoms with Crippen LogP contribution in [0, 0.1) is 5.92 Å². The first-order valence-corrected chi connectivity index (χ1v) is 8.86. The predicted molar refractivity (Wildman–Crippen MR) is 75.7 cm³/mol. The average Bonchev–Trinajstić information content (AvgIpc) is 2.96. The standard InChI is InChI=1S/C14H22N2O3S/c1-2-11-7-8-16(10-11)20(17,18)14-6-5-13(19-14)9-15-12-3-4-12/h5-6,11-12,15H,2-4,7-10H2,1H3. The van der Waals surface area contributed by atoms with Crippen molar-refractivity contribution in [2.24, 2.45) is 5.92 Å². The van der Waals surface area contributed by atoms with Crippen molar-refractivity contribution in [1.82, 2.24) is 9.62 Å². The van der Waals surface area contributed by atoms with Crippen LogP contribution in [0.3, 0.4) is 0 Å². The molecule has 3 rings (SSSR count). The SMILES string of the molecule is CCC1CCN(S(=O)(=O)c2ccc(CNC3CC3)o2)C1. The summed E-state index contributed by atoms with van der Waals surface area (Å²) < 4.78 is 32.0. The van der Waals surface area contributed by atoms with Crippen molar-refractivity contribution in [3.63, 3.8) is 0 Å². The van der Waals surface area contributed by atoms with E-state index >= 15 is 0 Å². The Balaban J connectivity index is 1.67. The zero-order valence-electron chi connectivity index (χ0n) is 11.8. The molecule has 1 aromatic rings. The van der Waals surface area contributed by atoms with E-state index in [-0.39, 0.29) is 5.09 Å². The highest BCUT2D eigenvalue weighted by Gasteiger charge is 2.33. The second-order valence-corrected chi connectivity index (χ2v) is 7.67. The maximum Gasteiger partial charge on any atom is 0.276 e. The van der Waals surface area contributed by atoms with Gasteiger partial charge in [-0.15, -0.1) is 0 Å². The molecule has 1 unspecified atom stereocenters. The van der Waals surface area contributed by atoms with Gasteiger partial charge in [0.25, 0.3) is 10.0 Å². The Kier molecular flexibility index (Phi) is 3.88. The fourth-order valence-electron chi connectivity index (χ4n) is 2.60. The highest BCUT2D eigenvalue weighted by Crippen LogP contribution is 2.27. The summed E-state index contributed by atoms with van der Waals surface area (Å²) in [7, 11) is -3.44. The van der Waals surface area contributed by atoms with E-state index in [1.54, 1.807) is 16.4 Å². The summed E-state index contributed by atoms with van der Waals surface area (Å²) in [5.41, 5.74) is 0. The molecule has 2 fully saturated rings. The second kappa shape index (κ2) is 5.50. The smallest absolute Gasteiger partial charge is 0.276 e. The molecule has 5 nitrogen and oxygen atoms in total. The van der Waals surface area contributed by atoms with Crippen LogP contribution in [-0.4, -0.2) is 31.9 Å². The fraction of sp³-hybridized carbons (Fsp3) is 0.714. The molecule has 1 saturated heterocycles. The number of nitrogens with zero attached hydrogens (tertiary/aromatic N) is 1. The van der Waals surface area contributed by atoms with E-state index in [0.717, 1.165) is 12.8 Å². The molecule has 0 amide bonds. The Labute approximate surface area is 120 Å². The molecule has 1 aromatic heterocycles. The summed E-state index contributed by atoms with van der Waals surface area (Å²) in [6.07, 6.45) is 4.39. The molecule has 2 aliphatic rings. The van der Waals surface area contributed by atoms with Crippen LogP contribution >= 0.6 is 0 Å². The molecule has 1 aliphatic carbocycles. The van der Waals surface area contributed by atoms with Crippen molar-refractivity contribution in [2.45, 2.75) is 50.3 Å². The number of sulfonamides is 1. The zero-order chi connectivity index (χ0) is 14.2. The van der Waals surface area contributed by atoms with Gasteiger partial charge in [-0.2, -0.15) is 4.31 Å². The monoisotopic (exact) mass is 298 g/mol. The maximum atomic E-state index is 12.5. The largest absolute Gasteiger partial charge is 0.447 e. The molecule has 1 saturated carbocycles. The summed E-state index contributed by atoms with van der Waals surface area (Å²) in [4.78, 5) is 0. The molecular weight excluding hydrogens is 276 g/mol. The molecule has 2 heterocycles. The van der Waals surface area contributed by atoms with Crippen LogP contribution in [-0.2, 0) is 16.6 Å². The molecule has 112 valence electrons. The van der Waals surface area contributed by atoms with E-state index in [2.05, 4.69) is 12.2 Å². The van der Waals surface area contributed by atoms with E-state index in [4.69, 9.17) is 4.42 Å². The average molecular weight is 298 g/mol. The first kappa shape index (κ1) is 14.1. The molecule has 1 N–H and O–H groups in total. The Hall–Kier alpha value is -0.850. The third-order valence-corrected chi connectivity index (χ3v) is 5.94. The molecular formula is C14H22N2O3S. The lowest BCUT2D eigenvalue weighted by molar-refractivity contribution is 0.377. The highest BCUT2D eigenvalue weighted by molar-refractivity contribution is 7.89. The third-order valence-electron chi connectivity index (χ3n) is 4.20. The molecule has 0 spiro atoms. The van der Waals surface area contributed by atoms with Crippen LogP contribution in [0.5, 0.6) is 0 Å². The van der Waals surface area contributed by atoms with Gasteiger partial charge in [0.05, 0.1) is 6.54 Å². The van der Waals surface area contributed by atoms with Gasteiger partial charge in [0.15, 0.2) is 0 Å². The molecule has 0 radical (unpaired) electrons. The van der Waals surface area contributed by atoms with E-state index in [0.29, 0.717) is 37.4 Å². The number of furan rings is 1. The van der Waals surface area contributed by atoms with Crippen LogP contribution in [0.15, 0.2) is 21.6 Å². The van der Waals surface area contributed by atoms with Gasteiger partial charge in [0.2, 0.25) is 5.09 Å². The molecule has 0 bridgehead atoms. The Bertz CT molecular complexity index is 563. The van der Waals surface area contributed by atoms with E-state index in [1.807, 2.05) is 0 Å². The van der Waals surface area contributed by atoms with Crippen LogP contribution in [0.4, 0.5) is 0 Å². The highest BCUT2D eigenvalue weighted by atomic mass is 32.2. The molecule has 1 atom stereocenters. The minimum atomic E-state index is -3.44. The number of hydrogen-bond donors (Lipinski definition) is 1. The second-order valence-electron chi connectivity index (χ2n) is 5.80. The molecule has 0 aromatic carbocycles. The van der Waals surface area contributed by atoms with Crippen LogP contribution < -0.4 is 5.32 Å². The topological polar surface area (TPSA) is 62.6 Å². The summed E-state index contributed by atoms with van der Waals surface area (Å²) >= 11 is 0. The first-order valence-electron chi connectivity index (χ1n) is 7.42. The Morgan fingerprint density at radius 1 is 1.35 bits per heavy atom. The minimum Gasteiger partial charge on any atom is -0.447 e. The van der Waals surface area contributed by atoms with Gasteiger partial charge < -0.3 is 9.73 Å². The van der Waals surface area contributed by atoms with Crippen molar-refractivity contribution >= 4 is 10.0 Å². The third kappa shape index (κ3) is 2.92. The van der Waals surface area contributed by atoms with Crippen molar-refractivity contribution in [1.29, 1.82) is 0 Å². The quantitative estimate of drug-likeness (QED) is 0.872. The number of rotatable bonds is 6. The zero-order valence-corrected chi connectivity index (χ0v) is 12.7. The fourth-order valence-corrected chi connectivity index (χ4v) is 4.06. The first-order chi connectivity index (χ1) is 9.59. The van der Waals surface area contributed by atoms with Crippen LogP contribution in [0.25, 0.3) is 0 Å². The summed E-state index contributed by atoms with van der Waals surface area (Å²) in [6.45, 7) is 3.94. The lowest BCUT2D eigenvalue weighted by Gasteiger charge is -2.14. The van der Waals surface area contributed by atoms with Crippen molar-refractivity contribution in [2.75, 3.05) is 13.1 Å². The summed E-state index contributed by atoms with van der Waals surface area (Å²) in [5.74, 6) is 1.18. The molecule has 6 heteroatoms. The van der Waals surface area contributed by atoms with Gasteiger partial charge in [0, 0.05) is 19.1 Å². The lowest BCUT2D eigenvalue weighted by Crippen LogP contribution is -2.28. The summed E-state index contributed by atoms with van der Waals surface area (Å²) in [5, 5.41) is 3.41.